The van der Waals surface area contributed by atoms with E-state index in [2.05, 4.69) is 0 Å². The van der Waals surface area contributed by atoms with Crippen molar-refractivity contribution in [2.75, 3.05) is 21.3 Å². The van der Waals surface area contributed by atoms with E-state index in [-0.39, 0.29) is 28.8 Å². The molecule has 8 heteroatoms. The fourth-order valence-corrected chi connectivity index (χ4v) is 3.81. The number of carbonyl (C=O) groups excluding carboxylic acids is 2. The van der Waals surface area contributed by atoms with Gasteiger partial charge >= 0.3 is 5.97 Å². The van der Waals surface area contributed by atoms with Crippen LogP contribution in [0.4, 0.5) is 0 Å². The van der Waals surface area contributed by atoms with Gasteiger partial charge in [-0.3, -0.25) is 4.79 Å². The molecule has 4 aromatic rings. The highest BCUT2D eigenvalue weighted by Gasteiger charge is 2.28. The summed E-state index contributed by atoms with van der Waals surface area (Å²) in [6, 6.07) is 16.9. The van der Waals surface area contributed by atoms with E-state index in [4.69, 9.17) is 28.1 Å². The highest BCUT2D eigenvalue weighted by atomic mass is 16.6. The number of ether oxygens (including phenoxy) is 5. The van der Waals surface area contributed by atoms with Crippen molar-refractivity contribution >= 4 is 28.8 Å². The summed E-state index contributed by atoms with van der Waals surface area (Å²) in [5.41, 5.74) is 1.56. The van der Waals surface area contributed by atoms with Crippen molar-refractivity contribution < 1.29 is 37.7 Å². The summed E-state index contributed by atoms with van der Waals surface area (Å²) in [5, 5.41) is 0.795. The normalized spacial score (nSPS) is 13.5. The molecule has 0 saturated carbocycles. The Balaban J connectivity index is 1.39. The lowest BCUT2D eigenvalue weighted by molar-refractivity contribution is 0.0703. The van der Waals surface area contributed by atoms with Crippen molar-refractivity contribution in [3.05, 3.63) is 83.3 Å². The summed E-state index contributed by atoms with van der Waals surface area (Å²) in [4.78, 5) is 25.4. The van der Waals surface area contributed by atoms with E-state index >= 15 is 0 Å². The Labute approximate surface area is 200 Å². The van der Waals surface area contributed by atoms with Gasteiger partial charge in [-0.05, 0) is 48.0 Å². The molecule has 2 heterocycles. The van der Waals surface area contributed by atoms with E-state index in [1.807, 2.05) is 18.2 Å². The molecule has 5 rings (SSSR count). The molecule has 3 aromatic carbocycles. The van der Waals surface area contributed by atoms with E-state index in [1.165, 1.54) is 33.5 Å². The summed E-state index contributed by atoms with van der Waals surface area (Å²) in [6.07, 6.45) is 1.58. The van der Waals surface area contributed by atoms with Crippen molar-refractivity contribution in [3.63, 3.8) is 0 Å². The van der Waals surface area contributed by atoms with Gasteiger partial charge < -0.3 is 28.1 Å². The highest BCUT2D eigenvalue weighted by Crippen LogP contribution is 2.40. The lowest BCUT2D eigenvalue weighted by Gasteiger charge is -2.13. The van der Waals surface area contributed by atoms with Crippen LogP contribution in [-0.4, -0.2) is 33.1 Å². The summed E-state index contributed by atoms with van der Waals surface area (Å²) >= 11 is 0. The van der Waals surface area contributed by atoms with Crippen molar-refractivity contribution in [3.8, 4) is 28.7 Å². The number of carbonyl (C=O) groups is 2. The molecule has 0 saturated heterocycles. The van der Waals surface area contributed by atoms with Crippen LogP contribution in [0.3, 0.4) is 0 Å². The van der Waals surface area contributed by atoms with Gasteiger partial charge in [0.05, 0.1) is 26.9 Å². The number of benzene rings is 3. The third-order valence-electron chi connectivity index (χ3n) is 5.46. The van der Waals surface area contributed by atoms with Gasteiger partial charge in [0.2, 0.25) is 17.3 Å². The number of fused-ring (bicyclic) bond motifs is 2. The van der Waals surface area contributed by atoms with Crippen molar-refractivity contribution in [2.24, 2.45) is 0 Å². The van der Waals surface area contributed by atoms with Gasteiger partial charge in [0, 0.05) is 11.5 Å². The second-order valence-corrected chi connectivity index (χ2v) is 7.59. The molecule has 0 radical (unpaired) electrons. The van der Waals surface area contributed by atoms with E-state index in [9.17, 15) is 9.59 Å². The largest absolute Gasteiger partial charge is 0.493 e. The Morgan fingerprint density at radius 3 is 2.31 bits per heavy atom. The fraction of sp³-hybridized carbons (Fsp3) is 0.111. The zero-order valence-electron chi connectivity index (χ0n) is 19.1. The Morgan fingerprint density at radius 1 is 0.886 bits per heavy atom. The minimum absolute atomic E-state index is 0.0756. The minimum Gasteiger partial charge on any atom is -0.493 e. The van der Waals surface area contributed by atoms with Gasteiger partial charge in [-0.2, -0.15) is 0 Å². The van der Waals surface area contributed by atoms with Crippen LogP contribution in [0.5, 0.6) is 28.7 Å². The monoisotopic (exact) mass is 472 g/mol. The maximum atomic E-state index is 12.9. The molecular weight excluding hydrogens is 452 g/mol. The molecule has 1 aromatic heterocycles. The predicted octanol–water partition coefficient (Wildman–Crippen LogP) is 5.29. The van der Waals surface area contributed by atoms with Crippen molar-refractivity contribution in [1.82, 2.24) is 0 Å². The number of methoxy groups -OCH3 is 3. The number of hydrogen-bond donors (Lipinski definition) is 0. The van der Waals surface area contributed by atoms with Crippen LogP contribution in [0.25, 0.3) is 17.0 Å². The van der Waals surface area contributed by atoms with Crippen LogP contribution in [0.2, 0.25) is 0 Å². The van der Waals surface area contributed by atoms with Crippen molar-refractivity contribution in [2.45, 2.75) is 0 Å². The average molecular weight is 472 g/mol. The molecule has 35 heavy (non-hydrogen) atoms. The second-order valence-electron chi connectivity index (χ2n) is 7.59. The van der Waals surface area contributed by atoms with Gasteiger partial charge in [-0.1, -0.05) is 18.2 Å². The maximum Gasteiger partial charge on any atom is 0.379 e. The molecule has 8 nitrogen and oxygen atoms in total. The molecule has 0 bridgehead atoms. The third kappa shape index (κ3) is 4.06. The number of para-hydroxylation sites is 1. The number of rotatable bonds is 6. The van der Waals surface area contributed by atoms with E-state index in [1.54, 1.807) is 36.4 Å². The molecule has 0 atom stereocenters. The molecule has 0 unspecified atom stereocenters. The first-order valence-electron chi connectivity index (χ1n) is 10.6. The topological polar surface area (TPSA) is 93.4 Å². The van der Waals surface area contributed by atoms with Gasteiger partial charge in [0.15, 0.2) is 17.3 Å². The quantitative estimate of drug-likeness (QED) is 0.212. The van der Waals surface area contributed by atoms with Gasteiger partial charge in [0.25, 0.3) is 0 Å². The average Bonchev–Trinajstić information content (AvgIpc) is 3.44. The molecule has 0 N–H and O–H groups in total. The van der Waals surface area contributed by atoms with Crippen LogP contribution in [-0.2, 0) is 0 Å². The number of Topliss-reactive ketones (excluding diaryl/α,β-unsaturated/α-hetero) is 1. The molecule has 1 aliphatic heterocycles. The first-order chi connectivity index (χ1) is 17.0. The molecule has 176 valence electrons. The number of esters is 1. The Morgan fingerprint density at radius 2 is 1.63 bits per heavy atom. The second kappa shape index (κ2) is 8.90. The Bertz CT molecular complexity index is 1440. The van der Waals surface area contributed by atoms with Gasteiger partial charge in [0.1, 0.15) is 17.1 Å². The predicted molar refractivity (Wildman–Crippen MR) is 127 cm³/mol. The molecule has 0 spiro atoms. The van der Waals surface area contributed by atoms with E-state index < -0.39 is 5.97 Å². The van der Waals surface area contributed by atoms with E-state index in [0.29, 0.717) is 34.0 Å². The Kier molecular flexibility index (Phi) is 5.62. The fourth-order valence-electron chi connectivity index (χ4n) is 3.81. The lowest BCUT2D eigenvalue weighted by Crippen LogP contribution is -2.07. The number of furan rings is 1. The van der Waals surface area contributed by atoms with Gasteiger partial charge in [-0.25, -0.2) is 4.79 Å². The van der Waals surface area contributed by atoms with Crippen LogP contribution in [0.15, 0.2) is 70.8 Å². The van der Waals surface area contributed by atoms with Crippen LogP contribution < -0.4 is 23.7 Å². The lowest BCUT2D eigenvalue weighted by atomic mass is 10.1. The third-order valence-corrected chi connectivity index (χ3v) is 5.46. The first kappa shape index (κ1) is 22.1. The van der Waals surface area contributed by atoms with Gasteiger partial charge in [-0.15, -0.1) is 0 Å². The molecular formula is C27H20O8. The Hall–Kier alpha value is -4.72. The smallest absolute Gasteiger partial charge is 0.379 e. The highest BCUT2D eigenvalue weighted by molar-refractivity contribution is 6.14. The molecule has 0 fully saturated rings. The van der Waals surface area contributed by atoms with Crippen molar-refractivity contribution in [1.29, 1.82) is 0 Å². The molecule has 0 aliphatic carbocycles. The summed E-state index contributed by atoms with van der Waals surface area (Å²) < 4.78 is 32.8. The molecule has 1 aliphatic rings. The number of ketones is 1. The SMILES string of the molecule is COc1cc(/C=C2\Oc3cc(OC(=O)c4cc5ccccc5o4)ccc3C2=O)cc(OC)c1OC. The number of hydrogen-bond acceptors (Lipinski definition) is 8. The van der Waals surface area contributed by atoms with Crippen LogP contribution in [0, 0.1) is 0 Å². The summed E-state index contributed by atoms with van der Waals surface area (Å²) in [6.45, 7) is 0. The maximum absolute atomic E-state index is 12.9. The zero-order chi connectivity index (χ0) is 24.5. The summed E-state index contributed by atoms with van der Waals surface area (Å²) in [7, 11) is 4.53. The zero-order valence-corrected chi connectivity index (χ0v) is 19.1. The minimum atomic E-state index is -0.654. The first-order valence-corrected chi connectivity index (χ1v) is 10.6. The van der Waals surface area contributed by atoms with Crippen LogP contribution in [0.1, 0.15) is 26.5 Å². The standard InChI is InChI=1S/C27H20O8/c1-30-22-11-15(12-23(31-2)26(22)32-3)10-21-25(28)18-9-8-17(14-20(18)35-21)33-27(29)24-13-16-6-4-5-7-19(16)34-24/h4-14H,1-3H3/b21-10-. The van der Waals surface area contributed by atoms with E-state index in [0.717, 1.165) is 5.39 Å². The van der Waals surface area contributed by atoms with Crippen LogP contribution >= 0.6 is 0 Å². The molecule has 0 amide bonds. The summed E-state index contributed by atoms with van der Waals surface area (Å²) in [5.74, 6) is 1.06. The number of allylic oxidation sites excluding steroid dienone is 1.